The number of aromatic hydroxyl groups is 1. The number of thioether (sulfide) groups is 1. The van der Waals surface area contributed by atoms with Gasteiger partial charge < -0.3 is 24.8 Å². The summed E-state index contributed by atoms with van der Waals surface area (Å²) in [7, 11) is 0. The van der Waals surface area contributed by atoms with E-state index < -0.39 is 33.5 Å². The molecule has 14 heteroatoms. The number of hydrogen-bond donors (Lipinski definition) is 2. The normalized spacial score (nSPS) is 25.2. The molecule has 8 nitrogen and oxygen atoms in total. The molecule has 5 fully saturated rings. The number of likely N-dealkylation sites (tertiary alicyclic amines) is 1. The maximum Gasteiger partial charge on any atom is 0.446 e. The molecular weight excluding hydrogens is 706 g/mol. The quantitative estimate of drug-likeness (QED) is 0.112. The van der Waals surface area contributed by atoms with Gasteiger partial charge in [0.15, 0.2) is 5.82 Å². The van der Waals surface area contributed by atoms with E-state index in [1.54, 1.807) is 6.07 Å². The van der Waals surface area contributed by atoms with Crippen LogP contribution in [0, 0.1) is 23.6 Å². The highest BCUT2D eigenvalue weighted by atomic mass is 35.5. The topological polar surface area (TPSA) is 83.0 Å². The van der Waals surface area contributed by atoms with E-state index in [-0.39, 0.29) is 67.8 Å². The van der Waals surface area contributed by atoms with Crippen LogP contribution in [0.25, 0.3) is 32.8 Å². The van der Waals surface area contributed by atoms with Crippen LogP contribution in [-0.2, 0) is 4.74 Å². The number of nitrogens with zero attached hydrogens (tertiary/aromatic N) is 4. The molecule has 4 bridgehead atoms. The zero-order valence-corrected chi connectivity index (χ0v) is 29.0. The molecule has 0 spiro atoms. The van der Waals surface area contributed by atoms with Gasteiger partial charge in [0.05, 0.1) is 29.9 Å². The summed E-state index contributed by atoms with van der Waals surface area (Å²) >= 11 is 6.01. The van der Waals surface area contributed by atoms with Crippen molar-refractivity contribution < 1.29 is 32.1 Å². The summed E-state index contributed by atoms with van der Waals surface area (Å²) in [5, 5.41) is 15.2. The number of fused-ring (bicyclic) bond motifs is 6. The molecule has 4 aliphatic heterocycles. The van der Waals surface area contributed by atoms with E-state index in [1.807, 2.05) is 4.90 Å². The molecule has 9 rings (SSSR count). The molecule has 4 saturated heterocycles. The molecule has 1 aliphatic carbocycles. The van der Waals surface area contributed by atoms with Gasteiger partial charge in [-0.2, -0.15) is 23.1 Å². The minimum atomic E-state index is -4.77. The number of phenols is 1. The number of ether oxygens (including phenoxy) is 2. The van der Waals surface area contributed by atoms with Crippen LogP contribution in [0.4, 0.5) is 23.4 Å². The van der Waals surface area contributed by atoms with Gasteiger partial charge in [-0.3, -0.25) is 4.90 Å². The van der Waals surface area contributed by atoms with Crippen molar-refractivity contribution in [2.75, 3.05) is 44.3 Å². The van der Waals surface area contributed by atoms with Gasteiger partial charge >= 0.3 is 11.5 Å². The Morgan fingerprint density at radius 3 is 2.59 bits per heavy atom. The fourth-order valence-electron chi connectivity index (χ4n) is 8.51. The number of anilines is 1. The van der Waals surface area contributed by atoms with Crippen LogP contribution in [0.5, 0.6) is 11.8 Å². The van der Waals surface area contributed by atoms with Crippen molar-refractivity contribution in [2.24, 2.45) is 5.41 Å². The fraction of sp³-hybridized carbons (Fsp3) is 0.459. The Kier molecular flexibility index (Phi) is 8.01. The van der Waals surface area contributed by atoms with Crippen molar-refractivity contribution in [2.45, 2.75) is 66.7 Å². The second kappa shape index (κ2) is 12.3. The first-order valence-electron chi connectivity index (χ1n) is 17.2. The monoisotopic (exact) mass is 739 g/mol. The molecule has 51 heavy (non-hydrogen) atoms. The van der Waals surface area contributed by atoms with Crippen molar-refractivity contribution in [3.05, 3.63) is 46.7 Å². The number of hydrogen-bond acceptors (Lipinski definition) is 9. The van der Waals surface area contributed by atoms with E-state index in [0.717, 1.165) is 51.8 Å². The first kappa shape index (κ1) is 33.3. The molecule has 266 valence electrons. The van der Waals surface area contributed by atoms with Gasteiger partial charge in [-0.25, -0.2) is 4.39 Å². The van der Waals surface area contributed by atoms with Crippen LogP contribution in [0.3, 0.4) is 0 Å². The number of benzene rings is 3. The van der Waals surface area contributed by atoms with E-state index in [1.165, 1.54) is 24.3 Å². The Morgan fingerprint density at radius 2 is 1.92 bits per heavy atom. The maximum atomic E-state index is 17.4. The Labute approximate surface area is 300 Å². The zero-order chi connectivity index (χ0) is 35.2. The van der Waals surface area contributed by atoms with E-state index in [9.17, 15) is 18.3 Å². The van der Waals surface area contributed by atoms with Crippen molar-refractivity contribution in [3.63, 3.8) is 0 Å². The summed E-state index contributed by atoms with van der Waals surface area (Å²) in [6.45, 7) is 3.94. The number of piperazine rings is 1. The highest BCUT2D eigenvalue weighted by molar-refractivity contribution is 8.00. The van der Waals surface area contributed by atoms with Gasteiger partial charge in [0.25, 0.3) is 0 Å². The molecule has 4 aromatic rings. The van der Waals surface area contributed by atoms with Gasteiger partial charge in [0.2, 0.25) is 0 Å². The summed E-state index contributed by atoms with van der Waals surface area (Å²) < 4.78 is 72.3. The molecule has 5 aliphatic rings. The molecule has 1 aromatic heterocycles. The number of morpholine rings is 1. The summed E-state index contributed by atoms with van der Waals surface area (Å²) in [5.74, 6) is 1.55. The van der Waals surface area contributed by atoms with Gasteiger partial charge in [-0.15, -0.1) is 6.42 Å². The lowest BCUT2D eigenvalue weighted by atomic mass is 9.93. The summed E-state index contributed by atoms with van der Waals surface area (Å²) in [6.07, 6.45) is 11.0. The lowest BCUT2D eigenvalue weighted by Crippen LogP contribution is -2.51. The number of aromatic nitrogens is 2. The number of phenolic OH excluding ortho intramolecular Hbond substituents is 1. The average Bonchev–Trinajstić information content (AvgIpc) is 3.34. The summed E-state index contributed by atoms with van der Waals surface area (Å²) in [6, 6.07) is 7.76. The van der Waals surface area contributed by atoms with Crippen molar-refractivity contribution >= 4 is 50.9 Å². The lowest BCUT2D eigenvalue weighted by Gasteiger charge is -2.34. The van der Waals surface area contributed by atoms with Gasteiger partial charge in [0, 0.05) is 71.0 Å². The van der Waals surface area contributed by atoms with Crippen molar-refractivity contribution in [1.82, 2.24) is 20.2 Å². The third-order valence-corrected chi connectivity index (χ3v) is 12.2. The molecule has 5 heterocycles. The second-order valence-electron chi connectivity index (χ2n) is 14.6. The Bertz CT molecular complexity index is 2110. The van der Waals surface area contributed by atoms with Crippen LogP contribution in [0.15, 0.2) is 35.2 Å². The number of terminal acetylenes is 1. The number of halogens is 5. The van der Waals surface area contributed by atoms with Gasteiger partial charge in [-0.05, 0) is 79.1 Å². The minimum absolute atomic E-state index is 0.0322. The molecule has 4 atom stereocenters. The van der Waals surface area contributed by atoms with Crippen LogP contribution >= 0.6 is 23.4 Å². The average molecular weight is 740 g/mol. The molecule has 0 radical (unpaired) electrons. The largest absolute Gasteiger partial charge is 0.508 e. The molecular formula is C37H34ClF4N5O3S. The van der Waals surface area contributed by atoms with E-state index >= 15 is 4.39 Å². The number of alkyl halides is 3. The standard InChI is InChI=1S/C37H34ClF4N5O3S/c1-2-25-28(38)6-3-19-9-23(48)11-26(30(19)25)31-29(51-37(40,41)42)12-27-33(32(31)39)44-35(45-34(27)46-13-20-4-5-21(14-46)43-20)50-18-36(7-8-36)17-47-15-24-10-22(47)16-49-24/h1,3,6,9,11-12,20-22,24,43,48H,4-5,7-8,10,13-18H2/t20?,21?,22-,24-/m0/s1. The molecule has 1 saturated carbocycles. The maximum absolute atomic E-state index is 17.4. The van der Waals surface area contributed by atoms with Gasteiger partial charge in [-0.1, -0.05) is 23.6 Å². The Hall–Kier alpha value is -3.54. The van der Waals surface area contributed by atoms with Crippen molar-refractivity contribution in [3.8, 4) is 35.2 Å². The van der Waals surface area contributed by atoms with E-state index in [4.69, 9.17) is 32.5 Å². The smallest absolute Gasteiger partial charge is 0.446 e. The van der Waals surface area contributed by atoms with Gasteiger partial charge in [0.1, 0.15) is 17.1 Å². The number of nitrogens with one attached hydrogen (secondary N) is 1. The minimum Gasteiger partial charge on any atom is -0.508 e. The molecule has 0 amide bonds. The zero-order valence-electron chi connectivity index (χ0n) is 27.4. The Morgan fingerprint density at radius 1 is 1.14 bits per heavy atom. The molecule has 3 aromatic carbocycles. The van der Waals surface area contributed by atoms with Crippen molar-refractivity contribution in [1.29, 1.82) is 0 Å². The summed E-state index contributed by atoms with van der Waals surface area (Å²) in [5.41, 5.74) is -5.30. The van der Waals surface area contributed by atoms with Crippen LogP contribution in [-0.4, -0.2) is 89.1 Å². The van der Waals surface area contributed by atoms with Crippen LogP contribution in [0.2, 0.25) is 5.02 Å². The van der Waals surface area contributed by atoms with Crippen LogP contribution < -0.4 is 15.0 Å². The third-order valence-electron chi connectivity index (χ3n) is 11.1. The van der Waals surface area contributed by atoms with E-state index in [0.29, 0.717) is 36.9 Å². The third kappa shape index (κ3) is 6.12. The van der Waals surface area contributed by atoms with E-state index in [2.05, 4.69) is 21.1 Å². The fourth-order valence-corrected chi connectivity index (χ4v) is 9.45. The van der Waals surface area contributed by atoms with Crippen LogP contribution in [0.1, 0.15) is 37.7 Å². The second-order valence-corrected chi connectivity index (χ2v) is 16.1. The first-order valence-corrected chi connectivity index (χ1v) is 18.4. The SMILES string of the molecule is C#Cc1c(Cl)ccc2cc(O)cc(-c3c(SC(F)(F)F)cc4c(N5CC6CCC(C5)N6)nc(OCC5(CN6C[C@@H]7C[C@H]6CO7)CC5)nc4c3F)c12. The lowest BCUT2D eigenvalue weighted by molar-refractivity contribution is -0.0328. The molecule has 2 unspecified atom stereocenters. The highest BCUT2D eigenvalue weighted by Gasteiger charge is 2.49. The summed E-state index contributed by atoms with van der Waals surface area (Å²) in [4.78, 5) is 13.4. The first-order chi connectivity index (χ1) is 24.5. The molecule has 2 N–H and O–H groups in total. The predicted molar refractivity (Wildman–Crippen MR) is 188 cm³/mol. The number of rotatable bonds is 8. The Balaban J connectivity index is 1.20. The predicted octanol–water partition coefficient (Wildman–Crippen LogP) is 7.11. The highest BCUT2D eigenvalue weighted by Crippen LogP contribution is 2.50.